The molecule has 0 spiro atoms. The van der Waals surface area contributed by atoms with E-state index in [0.717, 1.165) is 19.6 Å². The first-order chi connectivity index (χ1) is 9.75. The number of hydrogen-bond acceptors (Lipinski definition) is 3. The fourth-order valence-corrected chi connectivity index (χ4v) is 2.82. The molecule has 0 aromatic heterocycles. The third-order valence-electron chi connectivity index (χ3n) is 3.99. The molecule has 0 saturated carbocycles. The number of anilines is 1. The average molecular weight is 268 g/mol. The highest BCUT2D eigenvalue weighted by Crippen LogP contribution is 2.31. The molecule has 104 valence electrons. The van der Waals surface area contributed by atoms with Crippen LogP contribution in [0.3, 0.4) is 0 Å². The number of phenols is 1. The lowest BCUT2D eigenvalue weighted by atomic mass is 10.0. The van der Waals surface area contributed by atoms with Crippen molar-refractivity contribution in [1.82, 2.24) is 5.32 Å². The summed E-state index contributed by atoms with van der Waals surface area (Å²) in [5.41, 5.74) is 3.87. The van der Waals surface area contributed by atoms with Gasteiger partial charge in [-0.15, -0.1) is 0 Å². The van der Waals surface area contributed by atoms with Crippen LogP contribution >= 0.6 is 0 Å². The standard InChI is InChI=1S/C17H20N2O/c1-13(14-6-8-16(20)9-7-14)19-11-10-18-12-15-4-2-3-5-17(15)19/h2-9,13,18,20H,10-12H2,1H3. The average Bonchev–Trinajstić information content (AvgIpc) is 2.69. The Morgan fingerprint density at radius 1 is 1.10 bits per heavy atom. The van der Waals surface area contributed by atoms with Gasteiger partial charge in [0, 0.05) is 25.3 Å². The van der Waals surface area contributed by atoms with Gasteiger partial charge in [-0.1, -0.05) is 30.3 Å². The highest BCUT2D eigenvalue weighted by Gasteiger charge is 2.20. The van der Waals surface area contributed by atoms with Gasteiger partial charge in [-0.2, -0.15) is 0 Å². The monoisotopic (exact) mass is 268 g/mol. The second-order valence-electron chi connectivity index (χ2n) is 5.27. The van der Waals surface area contributed by atoms with Gasteiger partial charge in [0.05, 0.1) is 6.04 Å². The number of para-hydroxylation sites is 1. The first kappa shape index (κ1) is 13.0. The minimum atomic E-state index is 0.289. The van der Waals surface area contributed by atoms with Crippen molar-refractivity contribution in [1.29, 1.82) is 0 Å². The molecule has 2 aromatic carbocycles. The van der Waals surface area contributed by atoms with Crippen LogP contribution in [0.2, 0.25) is 0 Å². The molecule has 3 heteroatoms. The zero-order valence-corrected chi connectivity index (χ0v) is 11.7. The topological polar surface area (TPSA) is 35.5 Å². The van der Waals surface area contributed by atoms with Crippen LogP contribution in [-0.4, -0.2) is 18.2 Å². The molecule has 2 N–H and O–H groups in total. The molecule has 20 heavy (non-hydrogen) atoms. The zero-order chi connectivity index (χ0) is 13.9. The van der Waals surface area contributed by atoms with Crippen LogP contribution in [0, 0.1) is 0 Å². The molecule has 0 bridgehead atoms. The largest absolute Gasteiger partial charge is 0.508 e. The Labute approximate surface area is 119 Å². The van der Waals surface area contributed by atoms with E-state index in [9.17, 15) is 5.11 Å². The van der Waals surface area contributed by atoms with Gasteiger partial charge in [-0.3, -0.25) is 0 Å². The first-order valence-corrected chi connectivity index (χ1v) is 7.10. The first-order valence-electron chi connectivity index (χ1n) is 7.10. The van der Waals surface area contributed by atoms with Crippen LogP contribution in [0.15, 0.2) is 48.5 Å². The van der Waals surface area contributed by atoms with E-state index in [2.05, 4.69) is 41.4 Å². The van der Waals surface area contributed by atoms with Gasteiger partial charge in [0.25, 0.3) is 0 Å². The summed E-state index contributed by atoms with van der Waals surface area (Å²) < 4.78 is 0. The number of rotatable bonds is 2. The summed E-state index contributed by atoms with van der Waals surface area (Å²) in [4.78, 5) is 2.43. The second-order valence-corrected chi connectivity index (χ2v) is 5.27. The maximum atomic E-state index is 9.43. The van der Waals surface area contributed by atoms with Crippen LogP contribution < -0.4 is 10.2 Å². The fraction of sp³-hybridized carbons (Fsp3) is 0.294. The maximum absolute atomic E-state index is 9.43. The van der Waals surface area contributed by atoms with E-state index < -0.39 is 0 Å². The number of hydrogen-bond donors (Lipinski definition) is 2. The molecular formula is C17H20N2O. The van der Waals surface area contributed by atoms with Crippen molar-refractivity contribution in [3.8, 4) is 5.75 Å². The Hall–Kier alpha value is -2.00. The summed E-state index contributed by atoms with van der Waals surface area (Å²) in [6.45, 7) is 5.11. The Kier molecular flexibility index (Phi) is 3.61. The summed E-state index contributed by atoms with van der Waals surface area (Å²) in [7, 11) is 0. The number of nitrogens with one attached hydrogen (secondary N) is 1. The quantitative estimate of drug-likeness (QED) is 0.878. The van der Waals surface area contributed by atoms with Crippen molar-refractivity contribution in [2.45, 2.75) is 19.5 Å². The number of benzene rings is 2. The SMILES string of the molecule is CC(c1ccc(O)cc1)N1CCNCc2ccccc21. The third kappa shape index (κ3) is 2.49. The molecule has 3 rings (SSSR count). The molecule has 1 aliphatic heterocycles. The van der Waals surface area contributed by atoms with Crippen LogP contribution in [0.25, 0.3) is 0 Å². The Morgan fingerprint density at radius 3 is 2.65 bits per heavy atom. The van der Waals surface area contributed by atoms with E-state index >= 15 is 0 Å². The molecule has 3 nitrogen and oxygen atoms in total. The van der Waals surface area contributed by atoms with E-state index in [1.54, 1.807) is 12.1 Å². The van der Waals surface area contributed by atoms with E-state index in [0.29, 0.717) is 5.75 Å². The Balaban J connectivity index is 1.94. The fourth-order valence-electron chi connectivity index (χ4n) is 2.82. The Morgan fingerprint density at radius 2 is 1.85 bits per heavy atom. The van der Waals surface area contributed by atoms with Gasteiger partial charge in [0.15, 0.2) is 0 Å². The molecule has 0 amide bonds. The molecule has 1 heterocycles. The number of phenolic OH excluding ortho intramolecular Hbond substituents is 1. The molecule has 0 fully saturated rings. The molecule has 2 aromatic rings. The highest BCUT2D eigenvalue weighted by molar-refractivity contribution is 5.56. The van der Waals surface area contributed by atoms with E-state index in [4.69, 9.17) is 0 Å². The third-order valence-corrected chi connectivity index (χ3v) is 3.99. The van der Waals surface area contributed by atoms with Gasteiger partial charge >= 0.3 is 0 Å². The van der Waals surface area contributed by atoms with Crippen LogP contribution in [0.4, 0.5) is 5.69 Å². The molecule has 0 aliphatic carbocycles. The van der Waals surface area contributed by atoms with Crippen molar-refractivity contribution >= 4 is 5.69 Å². The lowest BCUT2D eigenvalue weighted by molar-refractivity contribution is 0.475. The molecule has 1 aliphatic rings. The summed E-state index contributed by atoms with van der Waals surface area (Å²) >= 11 is 0. The van der Waals surface area contributed by atoms with Crippen LogP contribution in [0.1, 0.15) is 24.1 Å². The molecule has 0 radical (unpaired) electrons. The minimum Gasteiger partial charge on any atom is -0.508 e. The van der Waals surface area contributed by atoms with E-state index in [1.807, 2.05) is 12.1 Å². The summed E-state index contributed by atoms with van der Waals surface area (Å²) in [6.07, 6.45) is 0. The van der Waals surface area contributed by atoms with Crippen molar-refractivity contribution < 1.29 is 5.11 Å². The summed E-state index contributed by atoms with van der Waals surface area (Å²) in [5, 5.41) is 12.9. The summed E-state index contributed by atoms with van der Waals surface area (Å²) in [5.74, 6) is 0.318. The van der Waals surface area contributed by atoms with Crippen molar-refractivity contribution in [2.24, 2.45) is 0 Å². The molecule has 1 atom stereocenters. The number of aromatic hydroxyl groups is 1. The minimum absolute atomic E-state index is 0.289. The van der Waals surface area contributed by atoms with Gasteiger partial charge in [-0.05, 0) is 36.2 Å². The highest BCUT2D eigenvalue weighted by atomic mass is 16.3. The van der Waals surface area contributed by atoms with Gasteiger partial charge in [0.2, 0.25) is 0 Å². The predicted octanol–water partition coefficient (Wildman–Crippen LogP) is 3.06. The lowest BCUT2D eigenvalue weighted by Crippen LogP contribution is -2.31. The van der Waals surface area contributed by atoms with E-state index in [1.165, 1.54) is 16.8 Å². The molecule has 1 unspecified atom stereocenters. The van der Waals surface area contributed by atoms with Gasteiger partial charge in [0.1, 0.15) is 5.75 Å². The maximum Gasteiger partial charge on any atom is 0.115 e. The zero-order valence-electron chi connectivity index (χ0n) is 11.7. The van der Waals surface area contributed by atoms with Crippen LogP contribution in [-0.2, 0) is 6.54 Å². The smallest absolute Gasteiger partial charge is 0.115 e. The summed E-state index contributed by atoms with van der Waals surface area (Å²) in [6, 6.07) is 16.4. The van der Waals surface area contributed by atoms with Gasteiger partial charge < -0.3 is 15.3 Å². The normalized spacial score (nSPS) is 16.4. The van der Waals surface area contributed by atoms with Crippen molar-refractivity contribution in [3.63, 3.8) is 0 Å². The lowest BCUT2D eigenvalue weighted by Gasteiger charge is -2.31. The predicted molar refractivity (Wildman–Crippen MR) is 82.0 cm³/mol. The van der Waals surface area contributed by atoms with Crippen LogP contribution in [0.5, 0.6) is 5.75 Å². The van der Waals surface area contributed by atoms with Crippen molar-refractivity contribution in [2.75, 3.05) is 18.0 Å². The number of fused-ring (bicyclic) bond motifs is 1. The second kappa shape index (κ2) is 5.55. The molecule has 0 saturated heterocycles. The van der Waals surface area contributed by atoms with E-state index in [-0.39, 0.29) is 6.04 Å². The van der Waals surface area contributed by atoms with Gasteiger partial charge in [-0.25, -0.2) is 0 Å². The Bertz CT molecular complexity index is 580. The number of nitrogens with zero attached hydrogens (tertiary/aromatic N) is 1. The van der Waals surface area contributed by atoms with Crippen molar-refractivity contribution in [3.05, 3.63) is 59.7 Å². The molecular weight excluding hydrogens is 248 g/mol.